The summed E-state index contributed by atoms with van der Waals surface area (Å²) in [6.45, 7) is 18.6. The van der Waals surface area contributed by atoms with Gasteiger partial charge in [0, 0.05) is 60.8 Å². The van der Waals surface area contributed by atoms with Gasteiger partial charge in [0.25, 0.3) is 0 Å². The first kappa shape index (κ1) is 52.0. The molecular formula is C65H66FIrN3OSi. The maximum absolute atomic E-state index is 15.7. The Labute approximate surface area is 440 Å². The third-order valence-electron chi connectivity index (χ3n) is 14.5. The van der Waals surface area contributed by atoms with Crippen LogP contribution in [0.5, 0.6) is 0 Å². The zero-order chi connectivity index (χ0) is 49.7. The van der Waals surface area contributed by atoms with Gasteiger partial charge in [0.2, 0.25) is 0 Å². The Kier molecular flexibility index (Phi) is 16.3. The van der Waals surface area contributed by atoms with E-state index in [1.165, 1.54) is 58.7 Å². The van der Waals surface area contributed by atoms with Crippen LogP contribution < -0.4 is 5.19 Å². The van der Waals surface area contributed by atoms with Crippen LogP contribution in [0.2, 0.25) is 19.6 Å². The summed E-state index contributed by atoms with van der Waals surface area (Å²) in [6, 6.07) is 55.4. The number of pyridine rings is 3. The Bertz CT molecular complexity index is 3420. The minimum Gasteiger partial charge on any atom is -0.455 e. The molecule has 1 aliphatic rings. The molecule has 4 heterocycles. The number of aryl methyl sites for hydroxylation is 1. The molecule has 7 heteroatoms. The summed E-state index contributed by atoms with van der Waals surface area (Å²) in [6.07, 6.45) is 12.1. The quantitative estimate of drug-likeness (QED) is 0.135. The molecule has 0 spiro atoms. The second kappa shape index (κ2) is 22.6. The Hall–Kier alpha value is -6.37. The summed E-state index contributed by atoms with van der Waals surface area (Å²) in [7, 11) is -1.33. The third kappa shape index (κ3) is 11.3. The molecule has 4 aromatic heterocycles. The summed E-state index contributed by atoms with van der Waals surface area (Å²) in [5.74, 6) is 0.957. The number of furan rings is 1. The van der Waals surface area contributed by atoms with Gasteiger partial charge in [-0.1, -0.05) is 182 Å². The van der Waals surface area contributed by atoms with Crippen LogP contribution in [0.4, 0.5) is 4.39 Å². The molecule has 0 atom stereocenters. The van der Waals surface area contributed by atoms with Gasteiger partial charge in [-0.3, -0.25) is 15.0 Å². The molecule has 10 aromatic rings. The van der Waals surface area contributed by atoms with Crippen molar-refractivity contribution in [1.29, 1.82) is 0 Å². The van der Waals surface area contributed by atoms with E-state index in [0.29, 0.717) is 28.4 Å². The third-order valence-corrected chi connectivity index (χ3v) is 16.6. The van der Waals surface area contributed by atoms with Crippen molar-refractivity contribution in [3.8, 4) is 44.9 Å². The van der Waals surface area contributed by atoms with Gasteiger partial charge in [-0.05, 0) is 129 Å². The van der Waals surface area contributed by atoms with E-state index in [2.05, 4.69) is 150 Å². The summed E-state index contributed by atoms with van der Waals surface area (Å²) in [5.41, 5.74) is 13.5. The minimum absolute atomic E-state index is 0. The number of fused-ring (bicyclic) bond motifs is 4. The molecular weight excluding hydrogens is 1080 g/mol. The number of hydrogen-bond acceptors (Lipinski definition) is 4. The van der Waals surface area contributed by atoms with E-state index in [0.717, 1.165) is 56.4 Å². The van der Waals surface area contributed by atoms with Crippen molar-refractivity contribution in [1.82, 2.24) is 15.0 Å². The predicted octanol–water partition coefficient (Wildman–Crippen LogP) is 17.8. The number of aromatic nitrogens is 3. The Morgan fingerprint density at radius 3 is 1.90 bits per heavy atom. The maximum Gasteiger partial charge on any atom is 0.144 e. The van der Waals surface area contributed by atoms with Gasteiger partial charge in [-0.25, -0.2) is 4.39 Å². The van der Waals surface area contributed by atoms with Crippen molar-refractivity contribution in [2.45, 2.75) is 97.7 Å². The summed E-state index contributed by atoms with van der Waals surface area (Å²) >= 11 is 0. The van der Waals surface area contributed by atoms with Crippen molar-refractivity contribution >= 4 is 46.0 Å². The fourth-order valence-corrected chi connectivity index (χ4v) is 12.1. The van der Waals surface area contributed by atoms with Gasteiger partial charge in [0.15, 0.2) is 0 Å². The molecule has 72 heavy (non-hydrogen) atoms. The molecule has 0 aliphatic heterocycles. The summed E-state index contributed by atoms with van der Waals surface area (Å²) in [5, 5.41) is 5.01. The van der Waals surface area contributed by atoms with Gasteiger partial charge in [-0.15, -0.1) is 0 Å². The topological polar surface area (TPSA) is 51.8 Å². The van der Waals surface area contributed by atoms with E-state index in [9.17, 15) is 0 Å². The molecule has 367 valence electrons. The first-order valence-electron chi connectivity index (χ1n) is 25.5. The Morgan fingerprint density at radius 1 is 0.625 bits per heavy atom. The van der Waals surface area contributed by atoms with E-state index in [4.69, 9.17) is 14.4 Å². The molecule has 0 saturated heterocycles. The molecule has 0 bridgehead atoms. The normalized spacial score (nSPS) is 12.9. The Balaban J connectivity index is 0.000000169. The van der Waals surface area contributed by atoms with Gasteiger partial charge in [-0.2, -0.15) is 0 Å². The number of halogens is 1. The average Bonchev–Trinajstić information content (AvgIpc) is 4.09. The van der Waals surface area contributed by atoms with Crippen LogP contribution >= 0.6 is 0 Å². The predicted molar refractivity (Wildman–Crippen MR) is 301 cm³/mol. The summed E-state index contributed by atoms with van der Waals surface area (Å²) < 4.78 is 22.2. The molecule has 0 amide bonds. The van der Waals surface area contributed by atoms with Gasteiger partial charge in [0.05, 0.1) is 30.5 Å². The van der Waals surface area contributed by atoms with E-state index in [-0.39, 0.29) is 31.3 Å². The van der Waals surface area contributed by atoms with Crippen molar-refractivity contribution < 1.29 is 28.9 Å². The van der Waals surface area contributed by atoms with Crippen LogP contribution in [-0.2, 0) is 31.9 Å². The van der Waals surface area contributed by atoms with Crippen molar-refractivity contribution in [3.63, 3.8) is 0 Å². The molecule has 1 fully saturated rings. The van der Waals surface area contributed by atoms with E-state index >= 15 is 4.39 Å². The average molecular weight is 1140 g/mol. The molecule has 0 N–H and O–H groups in total. The van der Waals surface area contributed by atoms with Crippen LogP contribution in [0, 0.1) is 11.7 Å². The second-order valence-corrected chi connectivity index (χ2v) is 26.0. The van der Waals surface area contributed by atoms with Crippen LogP contribution in [0.3, 0.4) is 0 Å². The molecule has 4 nitrogen and oxygen atoms in total. The van der Waals surface area contributed by atoms with Crippen LogP contribution in [0.25, 0.3) is 77.6 Å². The fraction of sp³-hybridized carbons (Fsp3) is 0.246. The van der Waals surface area contributed by atoms with Crippen molar-refractivity contribution in [2.75, 3.05) is 0 Å². The number of hydrogen-bond donors (Lipinski definition) is 0. The minimum atomic E-state index is -1.33. The largest absolute Gasteiger partial charge is 0.455 e. The smallest absolute Gasteiger partial charge is 0.144 e. The zero-order valence-electron chi connectivity index (χ0n) is 43.0. The number of benzene rings is 6. The molecule has 1 aliphatic carbocycles. The number of para-hydroxylation sites is 1. The van der Waals surface area contributed by atoms with Crippen LogP contribution in [0.1, 0.15) is 82.9 Å². The van der Waals surface area contributed by atoms with Crippen LogP contribution in [0.15, 0.2) is 187 Å². The molecule has 6 aromatic carbocycles. The number of nitrogens with zero attached hydrogens (tertiary/aromatic N) is 3. The first-order valence-corrected chi connectivity index (χ1v) is 29.0. The maximum atomic E-state index is 15.7. The van der Waals surface area contributed by atoms with Gasteiger partial charge >= 0.3 is 0 Å². The summed E-state index contributed by atoms with van der Waals surface area (Å²) in [4.78, 5) is 13.8. The van der Waals surface area contributed by atoms with Crippen LogP contribution in [-0.4, -0.2) is 23.0 Å². The molecule has 0 unspecified atom stereocenters. The molecule has 1 saturated carbocycles. The van der Waals surface area contributed by atoms with E-state index < -0.39 is 8.07 Å². The molecule has 1 radical (unpaired) electrons. The van der Waals surface area contributed by atoms with Crippen molar-refractivity contribution in [2.24, 2.45) is 5.92 Å². The fourth-order valence-electron chi connectivity index (χ4n) is 10.4. The second-order valence-electron chi connectivity index (χ2n) is 21.0. The zero-order valence-corrected chi connectivity index (χ0v) is 46.4. The Morgan fingerprint density at radius 2 is 1.22 bits per heavy atom. The SMILES string of the molecule is CC(C)(c1ccnc(-c2cccc3c2oc2cc(-c4cccc5ccccc45)cc(F)c23)c1)C1CCCC1.CC(C)c1cc(-c2ccccc2)ncc1[Si](C)(C)C.CCc1ccnc(-c2ccccc2)c1.[Ir]. The monoisotopic (exact) mass is 1140 g/mol. The van der Waals surface area contributed by atoms with Gasteiger partial charge < -0.3 is 4.42 Å². The molecule has 11 rings (SSSR count). The first-order chi connectivity index (χ1) is 34.3. The van der Waals surface area contributed by atoms with Gasteiger partial charge in [0.1, 0.15) is 17.0 Å². The van der Waals surface area contributed by atoms with E-state index in [1.54, 1.807) is 6.07 Å². The van der Waals surface area contributed by atoms with Crippen molar-refractivity contribution in [3.05, 3.63) is 205 Å². The standard InChI is InChI=1S/C35H30FNO.C17H23NSi.C13H13N.Ir/c1-35(2,24-11-4-5-12-24)25-17-18-37-31(21-25)28-15-8-16-29-33-30(36)19-23(20-32(33)38-34(28)29)27-14-7-10-22-9-3-6-13-26(22)27;1-13(2)15-11-16(14-9-7-6-8-10-14)18-12-17(15)19(3,4)5;1-2-11-8-9-14-13(10-11)12-6-4-3-5-7-12;/h3,6-10,13-21,24H,4-5,11-12H2,1-2H3;6-13H,1-5H3;3-10H,2H2,1H3;. The van der Waals surface area contributed by atoms with E-state index in [1.807, 2.05) is 85.2 Å². The number of rotatable bonds is 9.